The lowest BCUT2D eigenvalue weighted by Gasteiger charge is -2.07. The summed E-state index contributed by atoms with van der Waals surface area (Å²) < 4.78 is 10.4. The molecule has 0 bridgehead atoms. The van der Waals surface area contributed by atoms with E-state index in [2.05, 4.69) is 10.6 Å². The van der Waals surface area contributed by atoms with Crippen LogP contribution in [-0.4, -0.2) is 36.2 Å². The second kappa shape index (κ2) is 7.67. The first-order valence-corrected chi connectivity index (χ1v) is 9.05. The molecule has 0 fully saturated rings. The Labute approximate surface area is 159 Å². The van der Waals surface area contributed by atoms with Crippen LogP contribution in [0.25, 0.3) is 0 Å². The molecule has 1 aromatic heterocycles. The minimum absolute atomic E-state index is 0.106. The number of aromatic carboxylic acids is 1. The fraction of sp³-hybridized carbons (Fsp3) is 0.278. The number of thiophene rings is 1. The first-order valence-electron chi connectivity index (χ1n) is 8.24. The largest absolute Gasteiger partial charge is 0.478 e. The molecule has 0 aliphatic carbocycles. The molecule has 0 saturated heterocycles. The standard InChI is InChI=1S/C18H18N2O6S/c1-3-11-9(2)27-17(15(11)18(23)24)20-14(21)7-19-16(22)10-4-5-12-13(6-10)26-8-25-12/h4-6H,3,7-8H2,1-2H3,(H,19,22)(H,20,21)(H,23,24). The van der Waals surface area contributed by atoms with Crippen molar-refractivity contribution in [3.63, 3.8) is 0 Å². The molecule has 3 N–H and O–H groups in total. The van der Waals surface area contributed by atoms with E-state index >= 15 is 0 Å². The molecule has 0 radical (unpaired) electrons. The quantitative estimate of drug-likeness (QED) is 0.698. The monoisotopic (exact) mass is 390 g/mol. The van der Waals surface area contributed by atoms with Crippen LogP contribution in [0.2, 0.25) is 0 Å². The van der Waals surface area contributed by atoms with Gasteiger partial charge in [-0.25, -0.2) is 4.79 Å². The van der Waals surface area contributed by atoms with Crippen LogP contribution in [-0.2, 0) is 11.2 Å². The summed E-state index contributed by atoms with van der Waals surface area (Å²) in [5.41, 5.74) is 1.14. The van der Waals surface area contributed by atoms with Gasteiger partial charge in [0.1, 0.15) is 5.00 Å². The van der Waals surface area contributed by atoms with Crippen molar-refractivity contribution in [2.75, 3.05) is 18.7 Å². The number of carbonyl (C=O) groups excluding carboxylic acids is 2. The third-order valence-corrected chi connectivity index (χ3v) is 5.14. The summed E-state index contributed by atoms with van der Waals surface area (Å²) >= 11 is 1.21. The van der Waals surface area contributed by atoms with E-state index in [-0.39, 0.29) is 23.9 Å². The number of carbonyl (C=O) groups is 3. The predicted molar refractivity (Wildman–Crippen MR) is 98.9 cm³/mol. The number of amides is 2. The number of hydrogen-bond acceptors (Lipinski definition) is 6. The summed E-state index contributed by atoms with van der Waals surface area (Å²) in [6, 6.07) is 4.73. The highest BCUT2D eigenvalue weighted by molar-refractivity contribution is 7.16. The number of rotatable bonds is 6. The van der Waals surface area contributed by atoms with Crippen LogP contribution in [0.4, 0.5) is 5.00 Å². The second-order valence-electron chi connectivity index (χ2n) is 5.80. The van der Waals surface area contributed by atoms with Gasteiger partial charge in [0, 0.05) is 10.4 Å². The Morgan fingerprint density at radius 1 is 1.22 bits per heavy atom. The summed E-state index contributed by atoms with van der Waals surface area (Å²) in [5, 5.41) is 14.8. The molecule has 0 unspecified atom stereocenters. The molecule has 0 saturated carbocycles. The van der Waals surface area contributed by atoms with E-state index in [0.717, 1.165) is 4.88 Å². The molecule has 142 valence electrons. The highest BCUT2D eigenvalue weighted by atomic mass is 32.1. The Balaban J connectivity index is 1.63. The van der Waals surface area contributed by atoms with Gasteiger partial charge in [0.25, 0.3) is 5.91 Å². The van der Waals surface area contributed by atoms with Gasteiger partial charge in [0.05, 0.1) is 12.1 Å². The molecular weight excluding hydrogens is 372 g/mol. The van der Waals surface area contributed by atoms with Gasteiger partial charge in [0.15, 0.2) is 11.5 Å². The normalized spacial score (nSPS) is 11.9. The number of ether oxygens (including phenoxy) is 2. The maximum Gasteiger partial charge on any atom is 0.339 e. The van der Waals surface area contributed by atoms with Gasteiger partial charge in [-0.15, -0.1) is 11.3 Å². The minimum atomic E-state index is -1.09. The lowest BCUT2D eigenvalue weighted by atomic mass is 10.1. The lowest BCUT2D eigenvalue weighted by molar-refractivity contribution is -0.115. The number of carboxylic acids is 1. The van der Waals surface area contributed by atoms with Crippen molar-refractivity contribution < 1.29 is 29.0 Å². The molecular formula is C18H18N2O6S. The van der Waals surface area contributed by atoms with Crippen LogP contribution < -0.4 is 20.1 Å². The topological polar surface area (TPSA) is 114 Å². The fourth-order valence-corrected chi connectivity index (χ4v) is 3.94. The molecule has 8 nitrogen and oxygen atoms in total. The number of nitrogens with one attached hydrogen (secondary N) is 2. The highest BCUT2D eigenvalue weighted by Crippen LogP contribution is 2.34. The molecule has 0 spiro atoms. The number of benzene rings is 1. The van der Waals surface area contributed by atoms with Gasteiger partial charge < -0.3 is 25.2 Å². The SMILES string of the molecule is CCc1c(C)sc(NC(=O)CNC(=O)c2ccc3c(c2)OCO3)c1C(=O)O. The number of carboxylic acid groups (broad SMARTS) is 1. The van der Waals surface area contributed by atoms with Crippen molar-refractivity contribution in [1.29, 1.82) is 0 Å². The van der Waals surface area contributed by atoms with Gasteiger partial charge in [-0.3, -0.25) is 9.59 Å². The van der Waals surface area contributed by atoms with Crippen molar-refractivity contribution in [1.82, 2.24) is 5.32 Å². The van der Waals surface area contributed by atoms with Gasteiger partial charge in [-0.2, -0.15) is 0 Å². The van der Waals surface area contributed by atoms with Crippen LogP contribution in [0, 0.1) is 6.92 Å². The van der Waals surface area contributed by atoms with E-state index in [1.807, 2.05) is 13.8 Å². The molecule has 2 amide bonds. The molecule has 1 aliphatic rings. The number of aryl methyl sites for hydroxylation is 1. The highest BCUT2D eigenvalue weighted by Gasteiger charge is 2.22. The van der Waals surface area contributed by atoms with Crippen LogP contribution >= 0.6 is 11.3 Å². The molecule has 0 atom stereocenters. The van der Waals surface area contributed by atoms with Gasteiger partial charge in [-0.1, -0.05) is 6.92 Å². The maximum atomic E-state index is 12.2. The first-order chi connectivity index (χ1) is 12.9. The zero-order valence-corrected chi connectivity index (χ0v) is 15.6. The lowest BCUT2D eigenvalue weighted by Crippen LogP contribution is -2.33. The molecule has 27 heavy (non-hydrogen) atoms. The smallest absolute Gasteiger partial charge is 0.339 e. The summed E-state index contributed by atoms with van der Waals surface area (Å²) in [6.07, 6.45) is 0.556. The molecule has 2 aromatic rings. The Bertz CT molecular complexity index is 921. The van der Waals surface area contributed by atoms with E-state index in [1.165, 1.54) is 17.4 Å². The van der Waals surface area contributed by atoms with Crippen LogP contribution in [0.3, 0.4) is 0 Å². The van der Waals surface area contributed by atoms with Crippen molar-refractivity contribution in [3.05, 3.63) is 39.8 Å². The van der Waals surface area contributed by atoms with E-state index in [4.69, 9.17) is 9.47 Å². The predicted octanol–water partition coefficient (Wildman–Crippen LogP) is 2.41. The Kier molecular flexibility index (Phi) is 5.31. The number of anilines is 1. The van der Waals surface area contributed by atoms with Gasteiger partial charge >= 0.3 is 5.97 Å². The molecule has 9 heteroatoms. The molecule has 1 aliphatic heterocycles. The first kappa shape index (κ1) is 18.7. The Morgan fingerprint density at radius 2 is 1.96 bits per heavy atom. The van der Waals surface area contributed by atoms with Crippen molar-refractivity contribution in [2.24, 2.45) is 0 Å². The van der Waals surface area contributed by atoms with E-state index < -0.39 is 17.8 Å². The summed E-state index contributed by atoms with van der Waals surface area (Å²) in [5.74, 6) is -1.01. The third kappa shape index (κ3) is 3.87. The summed E-state index contributed by atoms with van der Waals surface area (Å²) in [4.78, 5) is 36.7. The molecule has 3 rings (SSSR count). The fourth-order valence-electron chi connectivity index (χ4n) is 2.79. The average Bonchev–Trinajstić information content (AvgIpc) is 3.22. The summed E-state index contributed by atoms with van der Waals surface area (Å²) in [6.45, 7) is 3.49. The zero-order chi connectivity index (χ0) is 19.6. The van der Waals surface area contributed by atoms with Crippen molar-refractivity contribution in [2.45, 2.75) is 20.3 Å². The molecule has 1 aromatic carbocycles. The maximum absolute atomic E-state index is 12.2. The second-order valence-corrected chi connectivity index (χ2v) is 7.02. The van der Waals surface area contributed by atoms with Gasteiger partial charge in [0.2, 0.25) is 12.7 Å². The Hall–Kier alpha value is -3.07. The van der Waals surface area contributed by atoms with E-state index in [9.17, 15) is 19.5 Å². The van der Waals surface area contributed by atoms with E-state index in [1.54, 1.807) is 12.1 Å². The molecule has 2 heterocycles. The van der Waals surface area contributed by atoms with Crippen LogP contribution in [0.1, 0.15) is 38.1 Å². The number of hydrogen-bond donors (Lipinski definition) is 3. The Morgan fingerprint density at radius 3 is 2.67 bits per heavy atom. The minimum Gasteiger partial charge on any atom is -0.478 e. The van der Waals surface area contributed by atoms with Crippen molar-refractivity contribution >= 4 is 34.1 Å². The number of fused-ring (bicyclic) bond motifs is 1. The summed E-state index contributed by atoms with van der Waals surface area (Å²) in [7, 11) is 0. The van der Waals surface area contributed by atoms with E-state index in [0.29, 0.717) is 29.0 Å². The average molecular weight is 390 g/mol. The zero-order valence-electron chi connectivity index (χ0n) is 14.8. The third-order valence-electron chi connectivity index (χ3n) is 4.07. The van der Waals surface area contributed by atoms with Crippen molar-refractivity contribution in [3.8, 4) is 11.5 Å². The van der Waals surface area contributed by atoms with Gasteiger partial charge in [-0.05, 0) is 37.1 Å². The van der Waals surface area contributed by atoms with Crippen LogP contribution in [0.15, 0.2) is 18.2 Å². The van der Waals surface area contributed by atoms with Crippen LogP contribution in [0.5, 0.6) is 11.5 Å².